The number of benzene rings is 2. The first-order valence-corrected chi connectivity index (χ1v) is 6.67. The highest BCUT2D eigenvalue weighted by atomic mass is 35.5. The van der Waals surface area contributed by atoms with Crippen molar-refractivity contribution in [3.63, 3.8) is 0 Å². The van der Waals surface area contributed by atoms with Crippen molar-refractivity contribution in [3.05, 3.63) is 70.3 Å². The molecule has 3 aromatic rings. The second kappa shape index (κ2) is 5.42. The third-order valence-electron chi connectivity index (χ3n) is 3.00. The fourth-order valence-electron chi connectivity index (χ4n) is 2.03. The fraction of sp³-hybridized carbons (Fsp3) is 0. The van der Waals surface area contributed by atoms with Crippen LogP contribution in [0.15, 0.2) is 53.3 Å². The van der Waals surface area contributed by atoms with Crippen molar-refractivity contribution in [1.29, 1.82) is 0 Å². The van der Waals surface area contributed by atoms with Gasteiger partial charge in [-0.3, -0.25) is 4.79 Å². The molecule has 0 aliphatic carbocycles. The molecular weight excluding hydrogens is 288 g/mol. The third-order valence-corrected chi connectivity index (χ3v) is 3.29. The highest BCUT2D eigenvalue weighted by Crippen LogP contribution is 2.21. The molecule has 0 radical (unpaired) electrons. The molecule has 0 fully saturated rings. The van der Waals surface area contributed by atoms with E-state index in [0.717, 1.165) is 5.56 Å². The van der Waals surface area contributed by atoms with Crippen LogP contribution in [0, 0.1) is 0 Å². The van der Waals surface area contributed by atoms with Gasteiger partial charge in [-0.1, -0.05) is 35.9 Å². The number of nitrogens with zero attached hydrogens (tertiary/aromatic N) is 1. The number of fused-ring (bicyclic) bond motifs is 1. The minimum absolute atomic E-state index is 0.146. The number of nitrogens with one attached hydrogen (secondary N) is 1. The highest BCUT2D eigenvalue weighted by Gasteiger charge is 2.06. The van der Waals surface area contributed by atoms with Gasteiger partial charge in [0.15, 0.2) is 5.82 Å². The van der Waals surface area contributed by atoms with Gasteiger partial charge in [-0.2, -0.15) is 0 Å². The molecule has 21 heavy (non-hydrogen) atoms. The van der Waals surface area contributed by atoms with Crippen LogP contribution in [0.4, 0.5) is 0 Å². The summed E-state index contributed by atoms with van der Waals surface area (Å²) in [6.45, 7) is 0. The van der Waals surface area contributed by atoms with Gasteiger partial charge >= 0.3 is 0 Å². The molecular formula is C16H11ClN2O2. The molecule has 0 unspecified atom stereocenters. The number of para-hydroxylation sites is 1. The van der Waals surface area contributed by atoms with Gasteiger partial charge in [0.1, 0.15) is 5.75 Å². The van der Waals surface area contributed by atoms with Gasteiger partial charge in [-0.15, -0.1) is 0 Å². The van der Waals surface area contributed by atoms with Crippen LogP contribution in [0.5, 0.6) is 5.75 Å². The SMILES string of the molecule is O=c1[nH]c(/C(Cl)=C/c2cccc(O)c2)nc2ccccc12. The van der Waals surface area contributed by atoms with Crippen molar-refractivity contribution in [2.24, 2.45) is 0 Å². The Kier molecular flexibility index (Phi) is 3.46. The second-order valence-corrected chi connectivity index (χ2v) is 4.93. The molecule has 4 nitrogen and oxygen atoms in total. The Morgan fingerprint density at radius 3 is 2.81 bits per heavy atom. The van der Waals surface area contributed by atoms with Gasteiger partial charge in [0, 0.05) is 0 Å². The van der Waals surface area contributed by atoms with Crippen molar-refractivity contribution in [2.75, 3.05) is 0 Å². The standard InChI is InChI=1S/C16H11ClN2O2/c17-13(9-10-4-3-5-11(20)8-10)15-18-14-7-2-1-6-12(14)16(21)19-15/h1-9,20H,(H,18,19,21)/b13-9-. The van der Waals surface area contributed by atoms with E-state index >= 15 is 0 Å². The maximum Gasteiger partial charge on any atom is 0.259 e. The molecule has 104 valence electrons. The number of hydrogen-bond acceptors (Lipinski definition) is 3. The summed E-state index contributed by atoms with van der Waals surface area (Å²) in [6, 6.07) is 13.7. The number of rotatable bonds is 2. The zero-order valence-corrected chi connectivity index (χ0v) is 11.6. The molecule has 0 amide bonds. The Morgan fingerprint density at radius 1 is 1.19 bits per heavy atom. The van der Waals surface area contributed by atoms with Crippen molar-refractivity contribution in [2.45, 2.75) is 0 Å². The lowest BCUT2D eigenvalue weighted by Crippen LogP contribution is -2.10. The minimum atomic E-state index is -0.238. The van der Waals surface area contributed by atoms with E-state index in [2.05, 4.69) is 9.97 Å². The summed E-state index contributed by atoms with van der Waals surface area (Å²) >= 11 is 6.21. The van der Waals surface area contributed by atoms with Crippen molar-refractivity contribution in [1.82, 2.24) is 9.97 Å². The Labute approximate surface area is 125 Å². The molecule has 2 aromatic carbocycles. The predicted octanol–water partition coefficient (Wildman–Crippen LogP) is 3.37. The number of aromatic hydroxyl groups is 1. The average Bonchev–Trinajstić information content (AvgIpc) is 2.47. The summed E-state index contributed by atoms with van der Waals surface area (Å²) in [5.74, 6) is 0.442. The summed E-state index contributed by atoms with van der Waals surface area (Å²) in [7, 11) is 0. The van der Waals surface area contributed by atoms with Crippen molar-refractivity contribution >= 4 is 33.6 Å². The molecule has 0 spiro atoms. The molecule has 2 N–H and O–H groups in total. The van der Waals surface area contributed by atoms with Crippen LogP contribution in [-0.2, 0) is 0 Å². The molecule has 0 aliphatic heterocycles. The zero-order chi connectivity index (χ0) is 14.8. The van der Waals surface area contributed by atoms with Crippen molar-refractivity contribution in [3.8, 4) is 5.75 Å². The first-order valence-electron chi connectivity index (χ1n) is 6.29. The fourth-order valence-corrected chi connectivity index (χ4v) is 2.24. The van der Waals surface area contributed by atoms with Gasteiger partial charge in [0.25, 0.3) is 5.56 Å². The molecule has 1 heterocycles. The van der Waals surface area contributed by atoms with E-state index in [9.17, 15) is 9.90 Å². The Bertz CT molecular complexity index is 900. The molecule has 0 atom stereocenters. The first-order chi connectivity index (χ1) is 10.1. The molecule has 0 saturated heterocycles. The average molecular weight is 299 g/mol. The van der Waals surface area contributed by atoms with Crippen molar-refractivity contribution < 1.29 is 5.11 Å². The highest BCUT2D eigenvalue weighted by molar-refractivity contribution is 6.50. The van der Waals surface area contributed by atoms with E-state index in [0.29, 0.717) is 21.8 Å². The number of aromatic amines is 1. The monoisotopic (exact) mass is 298 g/mol. The second-order valence-electron chi connectivity index (χ2n) is 4.52. The topological polar surface area (TPSA) is 66.0 Å². The van der Waals surface area contributed by atoms with Gasteiger partial charge < -0.3 is 10.1 Å². The van der Waals surface area contributed by atoms with E-state index in [1.807, 2.05) is 6.07 Å². The zero-order valence-electron chi connectivity index (χ0n) is 10.9. The Balaban J connectivity index is 2.09. The quantitative estimate of drug-likeness (QED) is 0.762. The lowest BCUT2D eigenvalue weighted by Gasteiger charge is -2.02. The van der Waals surface area contributed by atoms with Gasteiger partial charge in [-0.25, -0.2) is 4.98 Å². The van der Waals surface area contributed by atoms with Crippen LogP contribution in [0.2, 0.25) is 0 Å². The van der Waals surface area contributed by atoms with Crippen LogP contribution >= 0.6 is 11.6 Å². The van der Waals surface area contributed by atoms with E-state index in [-0.39, 0.29) is 11.3 Å². The predicted molar refractivity (Wildman–Crippen MR) is 84.2 cm³/mol. The van der Waals surface area contributed by atoms with Gasteiger partial charge in [-0.05, 0) is 35.9 Å². The lowest BCUT2D eigenvalue weighted by molar-refractivity contribution is 0.475. The summed E-state index contributed by atoms with van der Waals surface area (Å²) in [4.78, 5) is 19.0. The largest absolute Gasteiger partial charge is 0.508 e. The molecule has 0 aliphatic rings. The number of phenolic OH excluding ortho intramolecular Hbond substituents is 1. The summed E-state index contributed by atoms with van der Waals surface area (Å²) in [5, 5.41) is 10.2. The first kappa shape index (κ1) is 13.4. The van der Waals surface area contributed by atoms with E-state index in [4.69, 9.17) is 11.6 Å². The number of H-pyrrole nitrogens is 1. The van der Waals surface area contributed by atoms with Crippen LogP contribution in [0.25, 0.3) is 22.0 Å². The molecule has 1 aromatic heterocycles. The normalized spacial score (nSPS) is 11.8. The summed E-state index contributed by atoms with van der Waals surface area (Å²) < 4.78 is 0. The minimum Gasteiger partial charge on any atom is -0.508 e. The summed E-state index contributed by atoms with van der Waals surface area (Å²) in [5.41, 5.74) is 1.06. The number of hydrogen-bond donors (Lipinski definition) is 2. The molecule has 5 heteroatoms. The maximum atomic E-state index is 12.0. The number of halogens is 1. The van der Waals surface area contributed by atoms with E-state index in [1.54, 1.807) is 48.5 Å². The lowest BCUT2D eigenvalue weighted by atomic mass is 10.2. The van der Waals surface area contributed by atoms with Gasteiger partial charge in [0.2, 0.25) is 0 Å². The Morgan fingerprint density at radius 2 is 2.00 bits per heavy atom. The van der Waals surface area contributed by atoms with Crippen LogP contribution in [0.1, 0.15) is 11.4 Å². The number of phenols is 1. The molecule has 0 saturated carbocycles. The van der Waals surface area contributed by atoms with Crippen LogP contribution in [0.3, 0.4) is 0 Å². The smallest absolute Gasteiger partial charge is 0.259 e. The molecule has 0 bridgehead atoms. The molecule has 3 rings (SSSR count). The van der Waals surface area contributed by atoms with Crippen LogP contribution in [-0.4, -0.2) is 15.1 Å². The summed E-state index contributed by atoms with van der Waals surface area (Å²) in [6.07, 6.45) is 1.63. The van der Waals surface area contributed by atoms with E-state index in [1.165, 1.54) is 0 Å². The van der Waals surface area contributed by atoms with Crippen LogP contribution < -0.4 is 5.56 Å². The van der Waals surface area contributed by atoms with Gasteiger partial charge in [0.05, 0.1) is 15.9 Å². The third kappa shape index (κ3) is 2.80. The number of aromatic nitrogens is 2. The maximum absolute atomic E-state index is 12.0. The van der Waals surface area contributed by atoms with E-state index < -0.39 is 0 Å². The Hall–Kier alpha value is -2.59.